The van der Waals surface area contributed by atoms with Gasteiger partial charge < -0.3 is 19.0 Å². The minimum atomic E-state index is -4.41. The molecule has 158 valence electrons. The van der Waals surface area contributed by atoms with Crippen LogP contribution in [0.15, 0.2) is 46.9 Å². The van der Waals surface area contributed by atoms with Gasteiger partial charge in [0.15, 0.2) is 12.4 Å². The predicted molar refractivity (Wildman–Crippen MR) is 100 cm³/mol. The topological polar surface area (TPSA) is 81.8 Å². The standard InChI is InChI=1S/C21H18F3NO5/c1-12-3-8-16(28-11-19(26)27)9-17(12)29-10-18-13(2)25-20(30-18)14-4-6-15(7-5-14)21(22,23)24/h3-9H,10-11H2,1-2H3,(H,26,27). The van der Waals surface area contributed by atoms with Crippen molar-refractivity contribution in [1.82, 2.24) is 4.98 Å². The summed E-state index contributed by atoms with van der Waals surface area (Å²) in [7, 11) is 0. The summed E-state index contributed by atoms with van der Waals surface area (Å²) in [5.41, 5.74) is 1.01. The van der Waals surface area contributed by atoms with Crippen LogP contribution in [-0.2, 0) is 17.6 Å². The van der Waals surface area contributed by atoms with Crippen LogP contribution in [0.5, 0.6) is 11.5 Å². The van der Waals surface area contributed by atoms with Gasteiger partial charge in [-0.15, -0.1) is 0 Å². The number of carbonyl (C=O) groups is 1. The number of benzene rings is 2. The number of aromatic nitrogens is 1. The summed E-state index contributed by atoms with van der Waals surface area (Å²) in [5.74, 6) is 0.338. The average molecular weight is 421 g/mol. The van der Waals surface area contributed by atoms with E-state index in [4.69, 9.17) is 19.0 Å². The number of hydrogen-bond acceptors (Lipinski definition) is 5. The van der Waals surface area contributed by atoms with Crippen LogP contribution in [0.1, 0.15) is 22.6 Å². The van der Waals surface area contributed by atoms with Gasteiger partial charge in [-0.1, -0.05) is 6.07 Å². The lowest BCUT2D eigenvalue weighted by atomic mass is 10.1. The Morgan fingerprint density at radius 3 is 2.43 bits per heavy atom. The monoisotopic (exact) mass is 421 g/mol. The molecule has 0 saturated heterocycles. The van der Waals surface area contributed by atoms with Crippen molar-refractivity contribution in [2.45, 2.75) is 26.6 Å². The number of aliphatic carboxylic acids is 1. The Hall–Kier alpha value is -3.49. The van der Waals surface area contributed by atoms with Crippen LogP contribution in [0.2, 0.25) is 0 Å². The zero-order chi connectivity index (χ0) is 21.9. The molecule has 0 fully saturated rings. The van der Waals surface area contributed by atoms with Crippen LogP contribution >= 0.6 is 0 Å². The normalized spacial score (nSPS) is 11.4. The third-order valence-electron chi connectivity index (χ3n) is 4.23. The Bertz CT molecular complexity index is 1040. The lowest BCUT2D eigenvalue weighted by Crippen LogP contribution is -2.09. The second-order valence-electron chi connectivity index (χ2n) is 6.50. The van der Waals surface area contributed by atoms with Gasteiger partial charge in [0, 0.05) is 11.6 Å². The Labute approximate surface area is 169 Å². The first-order chi connectivity index (χ1) is 14.1. The highest BCUT2D eigenvalue weighted by Gasteiger charge is 2.30. The fourth-order valence-corrected chi connectivity index (χ4v) is 2.60. The number of ether oxygens (including phenoxy) is 2. The van der Waals surface area contributed by atoms with Crippen molar-refractivity contribution >= 4 is 5.97 Å². The van der Waals surface area contributed by atoms with Crippen LogP contribution in [0.4, 0.5) is 13.2 Å². The van der Waals surface area contributed by atoms with Crippen molar-refractivity contribution in [3.8, 4) is 23.0 Å². The van der Waals surface area contributed by atoms with Crippen LogP contribution in [0.3, 0.4) is 0 Å². The molecule has 0 radical (unpaired) electrons. The Balaban J connectivity index is 1.72. The summed E-state index contributed by atoms with van der Waals surface area (Å²) in [6.07, 6.45) is -4.41. The molecule has 0 saturated carbocycles. The number of oxazole rings is 1. The Morgan fingerprint density at radius 1 is 1.10 bits per heavy atom. The molecule has 1 heterocycles. The molecule has 0 aliphatic rings. The number of hydrogen-bond donors (Lipinski definition) is 1. The van der Waals surface area contributed by atoms with Gasteiger partial charge in [0.05, 0.1) is 11.3 Å². The summed E-state index contributed by atoms with van der Waals surface area (Å²) in [6.45, 7) is 3.08. The minimum Gasteiger partial charge on any atom is -0.485 e. The number of nitrogens with zero attached hydrogens (tertiary/aromatic N) is 1. The van der Waals surface area contributed by atoms with Crippen molar-refractivity contribution in [3.63, 3.8) is 0 Å². The SMILES string of the molecule is Cc1ccc(OCC(=O)O)cc1OCc1oc(-c2ccc(C(F)(F)F)cc2)nc1C. The first-order valence-electron chi connectivity index (χ1n) is 8.85. The fraction of sp³-hybridized carbons (Fsp3) is 0.238. The highest BCUT2D eigenvalue weighted by Crippen LogP contribution is 2.31. The molecule has 0 amide bonds. The van der Waals surface area contributed by atoms with E-state index in [1.165, 1.54) is 12.1 Å². The number of carboxylic acids is 1. The summed E-state index contributed by atoms with van der Waals surface area (Å²) < 4.78 is 54.7. The molecule has 9 heteroatoms. The number of alkyl halides is 3. The van der Waals surface area contributed by atoms with Crippen molar-refractivity contribution in [3.05, 3.63) is 65.0 Å². The maximum Gasteiger partial charge on any atom is 0.416 e. The van der Waals surface area contributed by atoms with Crippen LogP contribution in [0, 0.1) is 13.8 Å². The average Bonchev–Trinajstić information content (AvgIpc) is 3.06. The maximum absolute atomic E-state index is 12.7. The highest BCUT2D eigenvalue weighted by molar-refractivity contribution is 5.68. The van der Waals surface area contributed by atoms with Gasteiger partial charge >= 0.3 is 12.1 Å². The smallest absolute Gasteiger partial charge is 0.416 e. The molecule has 30 heavy (non-hydrogen) atoms. The molecule has 1 aromatic heterocycles. The molecule has 0 spiro atoms. The second kappa shape index (κ2) is 8.48. The van der Waals surface area contributed by atoms with Gasteiger partial charge in [-0.05, 0) is 49.7 Å². The molecule has 0 aliphatic carbocycles. The highest BCUT2D eigenvalue weighted by atomic mass is 19.4. The first kappa shape index (κ1) is 21.2. The zero-order valence-electron chi connectivity index (χ0n) is 16.1. The van der Waals surface area contributed by atoms with E-state index in [2.05, 4.69) is 4.98 Å². The van der Waals surface area contributed by atoms with Crippen LogP contribution < -0.4 is 9.47 Å². The van der Waals surface area contributed by atoms with Crippen molar-refractivity contribution in [2.24, 2.45) is 0 Å². The van der Waals surface area contributed by atoms with E-state index in [0.717, 1.165) is 17.7 Å². The molecule has 3 aromatic rings. The molecule has 0 unspecified atom stereocenters. The molecular weight excluding hydrogens is 403 g/mol. The third-order valence-corrected chi connectivity index (χ3v) is 4.23. The molecule has 0 bridgehead atoms. The summed E-state index contributed by atoms with van der Waals surface area (Å²) in [5, 5.41) is 8.70. The van der Waals surface area contributed by atoms with Crippen LogP contribution in [0.25, 0.3) is 11.5 Å². The van der Waals surface area contributed by atoms with Crippen molar-refractivity contribution in [2.75, 3.05) is 6.61 Å². The van der Waals surface area contributed by atoms with E-state index in [1.807, 2.05) is 6.92 Å². The van der Waals surface area contributed by atoms with E-state index in [1.54, 1.807) is 25.1 Å². The molecule has 0 atom stereocenters. The Morgan fingerprint density at radius 2 is 1.80 bits per heavy atom. The Kier molecular flexibility index (Phi) is 6.00. The first-order valence-corrected chi connectivity index (χ1v) is 8.85. The van der Waals surface area contributed by atoms with E-state index in [0.29, 0.717) is 28.5 Å². The van der Waals surface area contributed by atoms with E-state index >= 15 is 0 Å². The summed E-state index contributed by atoms with van der Waals surface area (Å²) in [6, 6.07) is 9.47. The lowest BCUT2D eigenvalue weighted by Gasteiger charge is -2.10. The molecular formula is C21H18F3NO5. The molecule has 0 aliphatic heterocycles. The number of rotatable bonds is 7. The van der Waals surface area contributed by atoms with Gasteiger partial charge in [-0.25, -0.2) is 9.78 Å². The fourth-order valence-electron chi connectivity index (χ4n) is 2.60. The number of halogens is 3. The molecule has 3 rings (SSSR count). The van der Waals surface area contributed by atoms with Crippen molar-refractivity contribution < 1.29 is 37.0 Å². The van der Waals surface area contributed by atoms with Gasteiger partial charge in [-0.3, -0.25) is 0 Å². The van der Waals surface area contributed by atoms with E-state index in [-0.39, 0.29) is 12.5 Å². The second-order valence-corrected chi connectivity index (χ2v) is 6.50. The van der Waals surface area contributed by atoms with Gasteiger partial charge in [0.1, 0.15) is 18.1 Å². The van der Waals surface area contributed by atoms with Crippen molar-refractivity contribution in [1.29, 1.82) is 0 Å². The molecule has 6 nitrogen and oxygen atoms in total. The van der Waals surface area contributed by atoms with Crippen LogP contribution in [-0.4, -0.2) is 22.7 Å². The summed E-state index contributed by atoms with van der Waals surface area (Å²) >= 11 is 0. The molecule has 1 N–H and O–H groups in total. The van der Waals surface area contributed by atoms with E-state index in [9.17, 15) is 18.0 Å². The third kappa shape index (κ3) is 5.11. The summed E-state index contributed by atoms with van der Waals surface area (Å²) in [4.78, 5) is 14.9. The lowest BCUT2D eigenvalue weighted by molar-refractivity contribution is -0.139. The minimum absolute atomic E-state index is 0.0304. The number of carboxylic acid groups (broad SMARTS) is 1. The maximum atomic E-state index is 12.7. The predicted octanol–water partition coefficient (Wildman–Crippen LogP) is 5.02. The van der Waals surface area contributed by atoms with Gasteiger partial charge in [0.2, 0.25) is 5.89 Å². The van der Waals surface area contributed by atoms with Gasteiger partial charge in [0.25, 0.3) is 0 Å². The quantitative estimate of drug-likeness (QED) is 0.577. The van der Waals surface area contributed by atoms with E-state index < -0.39 is 24.3 Å². The largest absolute Gasteiger partial charge is 0.485 e. The molecule has 2 aromatic carbocycles. The van der Waals surface area contributed by atoms with Gasteiger partial charge in [-0.2, -0.15) is 13.2 Å². The zero-order valence-corrected chi connectivity index (χ0v) is 16.1. The number of aryl methyl sites for hydroxylation is 2.